The minimum atomic E-state index is -3.36. The van der Waals surface area contributed by atoms with Crippen molar-refractivity contribution in [3.05, 3.63) is 42.0 Å². The molecule has 0 unspecified atom stereocenters. The quantitative estimate of drug-likeness (QED) is 0.428. The summed E-state index contributed by atoms with van der Waals surface area (Å²) in [6.07, 6.45) is 0. The Bertz CT molecular complexity index is 526. The number of nitrogens with one attached hydrogen (secondary N) is 1. The topological polar surface area (TPSA) is 81.4 Å². The van der Waals surface area contributed by atoms with Gasteiger partial charge in [-0.05, 0) is 24.6 Å². The van der Waals surface area contributed by atoms with Gasteiger partial charge in [0.1, 0.15) is 0 Å². The fraction of sp³-hybridized carbons (Fsp3) is 0.385. The summed E-state index contributed by atoms with van der Waals surface area (Å²) in [6, 6.07) is 6.83. The molecular formula is C13H20N2O3S. The lowest BCUT2D eigenvalue weighted by molar-refractivity contribution is 0.162. The molecule has 0 spiro atoms. The first-order valence-corrected chi connectivity index (χ1v) is 7.58. The van der Waals surface area contributed by atoms with Gasteiger partial charge in [0.15, 0.2) is 0 Å². The van der Waals surface area contributed by atoms with Gasteiger partial charge in [0.25, 0.3) is 0 Å². The summed E-state index contributed by atoms with van der Waals surface area (Å²) in [5.41, 5.74) is 7.72. The van der Waals surface area contributed by atoms with Crippen molar-refractivity contribution in [2.45, 2.75) is 12.7 Å². The molecule has 0 amide bonds. The largest absolute Gasteiger partial charge is 0.399 e. The zero-order chi connectivity index (χ0) is 14.3. The van der Waals surface area contributed by atoms with Crippen molar-refractivity contribution in [2.75, 3.05) is 25.5 Å². The molecular weight excluding hydrogens is 264 g/mol. The average molecular weight is 284 g/mol. The van der Waals surface area contributed by atoms with Crippen molar-refractivity contribution in [2.24, 2.45) is 0 Å². The van der Waals surface area contributed by atoms with Crippen LogP contribution in [0.1, 0.15) is 12.5 Å². The maximum atomic E-state index is 11.8. The third-order valence-corrected chi connectivity index (χ3v) is 3.58. The van der Waals surface area contributed by atoms with Crippen molar-refractivity contribution < 1.29 is 13.2 Å². The highest BCUT2D eigenvalue weighted by molar-refractivity contribution is 7.88. The molecule has 0 atom stereocenters. The highest BCUT2D eigenvalue weighted by Gasteiger charge is 2.10. The highest BCUT2D eigenvalue weighted by atomic mass is 32.2. The fourth-order valence-corrected chi connectivity index (χ4v) is 2.58. The summed E-state index contributed by atoms with van der Waals surface area (Å²) in [5, 5.41) is 0. The Hall–Kier alpha value is -1.37. The summed E-state index contributed by atoms with van der Waals surface area (Å²) in [4.78, 5) is 0. The average Bonchev–Trinajstić information content (AvgIpc) is 2.27. The van der Waals surface area contributed by atoms with Crippen LogP contribution in [0, 0.1) is 0 Å². The maximum Gasteiger partial charge on any atom is 0.215 e. The molecule has 106 valence electrons. The number of benzene rings is 1. The van der Waals surface area contributed by atoms with Crippen LogP contribution in [0.2, 0.25) is 0 Å². The molecule has 1 aromatic carbocycles. The minimum Gasteiger partial charge on any atom is -0.399 e. The molecule has 0 radical (unpaired) electrons. The molecule has 0 heterocycles. The molecule has 0 fully saturated rings. The van der Waals surface area contributed by atoms with Crippen molar-refractivity contribution >= 4 is 15.7 Å². The van der Waals surface area contributed by atoms with E-state index in [0.717, 1.165) is 5.57 Å². The smallest absolute Gasteiger partial charge is 0.215 e. The van der Waals surface area contributed by atoms with E-state index in [1.807, 2.05) is 6.92 Å². The highest BCUT2D eigenvalue weighted by Crippen LogP contribution is 2.09. The molecule has 0 aromatic heterocycles. The zero-order valence-corrected chi connectivity index (χ0v) is 11.9. The van der Waals surface area contributed by atoms with E-state index in [1.165, 1.54) is 0 Å². The second-order valence-electron chi connectivity index (χ2n) is 4.41. The first-order chi connectivity index (χ1) is 8.89. The Morgan fingerprint density at radius 2 is 2.21 bits per heavy atom. The third kappa shape index (κ3) is 6.95. The fourth-order valence-electron chi connectivity index (χ4n) is 1.47. The van der Waals surface area contributed by atoms with Crippen LogP contribution in [0.3, 0.4) is 0 Å². The van der Waals surface area contributed by atoms with E-state index in [-0.39, 0.29) is 12.3 Å². The molecule has 0 saturated heterocycles. The Morgan fingerprint density at radius 3 is 2.84 bits per heavy atom. The predicted molar refractivity (Wildman–Crippen MR) is 77.1 cm³/mol. The van der Waals surface area contributed by atoms with Crippen LogP contribution in [0.25, 0.3) is 0 Å². The van der Waals surface area contributed by atoms with Crippen LogP contribution >= 0.6 is 0 Å². The zero-order valence-electron chi connectivity index (χ0n) is 11.1. The molecule has 0 bridgehead atoms. The van der Waals surface area contributed by atoms with Crippen LogP contribution < -0.4 is 10.5 Å². The first-order valence-electron chi connectivity index (χ1n) is 5.93. The van der Waals surface area contributed by atoms with E-state index in [0.29, 0.717) is 24.5 Å². The number of ether oxygens (including phenoxy) is 1. The Labute approximate surface area is 114 Å². The van der Waals surface area contributed by atoms with Gasteiger partial charge >= 0.3 is 0 Å². The van der Waals surface area contributed by atoms with Crippen LogP contribution in [0.5, 0.6) is 0 Å². The van der Waals surface area contributed by atoms with Crippen LogP contribution in [0.4, 0.5) is 5.69 Å². The van der Waals surface area contributed by atoms with Crippen molar-refractivity contribution in [1.82, 2.24) is 4.72 Å². The number of hydrogen-bond donors (Lipinski definition) is 2. The Morgan fingerprint density at radius 1 is 1.47 bits per heavy atom. The molecule has 5 nitrogen and oxygen atoms in total. The van der Waals surface area contributed by atoms with E-state index in [2.05, 4.69) is 11.3 Å². The van der Waals surface area contributed by atoms with Gasteiger partial charge < -0.3 is 10.5 Å². The summed E-state index contributed by atoms with van der Waals surface area (Å²) in [7, 11) is -3.36. The molecule has 19 heavy (non-hydrogen) atoms. The van der Waals surface area contributed by atoms with E-state index in [4.69, 9.17) is 10.5 Å². The lowest BCUT2D eigenvalue weighted by Gasteiger charge is -2.08. The third-order valence-electron chi connectivity index (χ3n) is 2.22. The molecule has 0 aliphatic carbocycles. The molecule has 3 N–H and O–H groups in total. The molecule has 0 aliphatic rings. The molecule has 1 rings (SSSR count). The minimum absolute atomic E-state index is 0.0848. The SMILES string of the molecule is C=C(C)COCCNS(=O)(=O)Cc1cccc(N)c1. The number of rotatable bonds is 8. The van der Waals surface area contributed by atoms with Gasteiger partial charge in [0, 0.05) is 12.2 Å². The normalized spacial score (nSPS) is 11.4. The van der Waals surface area contributed by atoms with Gasteiger partial charge in [-0.25, -0.2) is 13.1 Å². The maximum absolute atomic E-state index is 11.8. The standard InChI is InChI=1S/C13H20N2O3S/c1-11(2)9-18-7-6-15-19(16,17)10-12-4-3-5-13(14)8-12/h3-5,8,15H,1,6-7,9-10,14H2,2H3. The second-order valence-corrected chi connectivity index (χ2v) is 6.21. The van der Waals surface area contributed by atoms with Crippen LogP contribution in [-0.2, 0) is 20.5 Å². The van der Waals surface area contributed by atoms with Crippen molar-refractivity contribution in [1.29, 1.82) is 0 Å². The van der Waals surface area contributed by atoms with E-state index in [9.17, 15) is 8.42 Å². The lowest BCUT2D eigenvalue weighted by atomic mass is 10.2. The first kappa shape index (κ1) is 15.7. The monoisotopic (exact) mass is 284 g/mol. The lowest BCUT2D eigenvalue weighted by Crippen LogP contribution is -2.28. The molecule has 0 saturated carbocycles. The number of anilines is 1. The number of nitrogen functional groups attached to an aromatic ring is 1. The van der Waals surface area contributed by atoms with Gasteiger partial charge in [-0.15, -0.1) is 0 Å². The number of hydrogen-bond acceptors (Lipinski definition) is 4. The number of sulfonamides is 1. The van der Waals surface area contributed by atoms with E-state index in [1.54, 1.807) is 24.3 Å². The summed E-state index contributed by atoms with van der Waals surface area (Å²) in [6.45, 7) is 6.55. The molecule has 1 aromatic rings. The molecule has 6 heteroatoms. The van der Waals surface area contributed by atoms with E-state index < -0.39 is 10.0 Å². The van der Waals surface area contributed by atoms with Crippen molar-refractivity contribution in [3.8, 4) is 0 Å². The van der Waals surface area contributed by atoms with Crippen LogP contribution in [-0.4, -0.2) is 28.2 Å². The van der Waals surface area contributed by atoms with Gasteiger partial charge in [0.05, 0.1) is 19.0 Å². The van der Waals surface area contributed by atoms with Gasteiger partial charge in [0.2, 0.25) is 10.0 Å². The Kier molecular flexibility index (Phi) is 6.01. The van der Waals surface area contributed by atoms with Gasteiger partial charge in [-0.2, -0.15) is 0 Å². The second kappa shape index (κ2) is 7.28. The Balaban J connectivity index is 2.38. The number of nitrogens with two attached hydrogens (primary N) is 1. The summed E-state index contributed by atoms with van der Waals surface area (Å²) >= 11 is 0. The van der Waals surface area contributed by atoms with Gasteiger partial charge in [-0.3, -0.25) is 0 Å². The van der Waals surface area contributed by atoms with Crippen LogP contribution in [0.15, 0.2) is 36.4 Å². The van der Waals surface area contributed by atoms with Gasteiger partial charge in [-0.1, -0.05) is 24.3 Å². The van der Waals surface area contributed by atoms with Crippen molar-refractivity contribution in [3.63, 3.8) is 0 Å². The summed E-state index contributed by atoms with van der Waals surface area (Å²) < 4.78 is 31.3. The predicted octanol–water partition coefficient (Wildman–Crippen LogP) is 1.28. The summed E-state index contributed by atoms with van der Waals surface area (Å²) in [5.74, 6) is -0.0848. The molecule has 0 aliphatic heterocycles. The van der Waals surface area contributed by atoms with E-state index >= 15 is 0 Å².